The van der Waals surface area contributed by atoms with Crippen molar-refractivity contribution in [3.8, 4) is 11.4 Å². The summed E-state index contributed by atoms with van der Waals surface area (Å²) in [6.07, 6.45) is -0.344. The highest BCUT2D eigenvalue weighted by Gasteiger charge is 2.14. The number of aryl methyl sites for hydroxylation is 1. The maximum Gasteiger partial charge on any atom is 0.236 e. The van der Waals surface area contributed by atoms with Gasteiger partial charge in [0.15, 0.2) is 0 Å². The van der Waals surface area contributed by atoms with Gasteiger partial charge in [-0.15, -0.1) is 11.8 Å². The first-order valence-electron chi connectivity index (χ1n) is 6.26. The van der Waals surface area contributed by atoms with E-state index in [9.17, 15) is 5.11 Å². The molecule has 1 heterocycles. The van der Waals surface area contributed by atoms with Gasteiger partial charge in [0.05, 0.1) is 11.9 Å². The molecular formula is C14H18N2O2S. The van der Waals surface area contributed by atoms with E-state index in [0.29, 0.717) is 17.5 Å². The molecule has 0 fully saturated rings. The summed E-state index contributed by atoms with van der Waals surface area (Å²) in [4.78, 5) is 4.39. The summed E-state index contributed by atoms with van der Waals surface area (Å²) in [5.74, 6) is 1.83. The maximum absolute atomic E-state index is 9.43. The molecule has 0 aliphatic heterocycles. The molecule has 0 spiro atoms. The van der Waals surface area contributed by atoms with Gasteiger partial charge in [-0.1, -0.05) is 36.3 Å². The molecule has 1 aromatic heterocycles. The van der Waals surface area contributed by atoms with Gasteiger partial charge in [0.1, 0.15) is 0 Å². The minimum atomic E-state index is -0.344. The van der Waals surface area contributed by atoms with Gasteiger partial charge < -0.3 is 9.63 Å². The summed E-state index contributed by atoms with van der Waals surface area (Å²) in [6.45, 7) is 5.79. The van der Waals surface area contributed by atoms with Crippen LogP contribution in [0.4, 0.5) is 0 Å². The molecule has 1 N–H and O–H groups in total. The van der Waals surface area contributed by atoms with Crippen molar-refractivity contribution in [1.29, 1.82) is 0 Å². The topological polar surface area (TPSA) is 59.2 Å². The van der Waals surface area contributed by atoms with E-state index in [1.54, 1.807) is 18.7 Å². The third kappa shape index (κ3) is 3.58. The van der Waals surface area contributed by atoms with Gasteiger partial charge >= 0.3 is 0 Å². The molecule has 2 aromatic rings. The highest BCUT2D eigenvalue weighted by Crippen LogP contribution is 2.23. The molecule has 0 bridgehead atoms. The molecule has 0 aliphatic carbocycles. The largest absolute Gasteiger partial charge is 0.392 e. The van der Waals surface area contributed by atoms with Crippen LogP contribution in [-0.2, 0) is 5.75 Å². The summed E-state index contributed by atoms with van der Waals surface area (Å²) in [5.41, 5.74) is 2.12. The lowest BCUT2D eigenvalue weighted by Crippen LogP contribution is -2.15. The Kier molecular flexibility index (Phi) is 4.61. The van der Waals surface area contributed by atoms with Gasteiger partial charge in [0.2, 0.25) is 11.7 Å². The van der Waals surface area contributed by atoms with Crippen LogP contribution in [0.25, 0.3) is 11.4 Å². The fraction of sp³-hybridized carbons (Fsp3) is 0.429. The van der Waals surface area contributed by atoms with Gasteiger partial charge in [0, 0.05) is 10.8 Å². The smallest absolute Gasteiger partial charge is 0.236 e. The molecular weight excluding hydrogens is 260 g/mol. The third-order valence-corrected chi connectivity index (χ3v) is 4.34. The minimum Gasteiger partial charge on any atom is -0.392 e. The molecule has 19 heavy (non-hydrogen) atoms. The van der Waals surface area contributed by atoms with Crippen molar-refractivity contribution in [2.45, 2.75) is 37.9 Å². The van der Waals surface area contributed by atoms with E-state index in [1.807, 2.05) is 38.1 Å². The highest BCUT2D eigenvalue weighted by molar-refractivity contribution is 7.99. The van der Waals surface area contributed by atoms with Crippen LogP contribution in [0.1, 0.15) is 25.3 Å². The summed E-state index contributed by atoms with van der Waals surface area (Å²) in [5, 5.41) is 13.6. The third-order valence-electron chi connectivity index (χ3n) is 3.00. The van der Waals surface area contributed by atoms with E-state index in [0.717, 1.165) is 11.1 Å². The van der Waals surface area contributed by atoms with E-state index in [1.165, 1.54) is 0 Å². The lowest BCUT2D eigenvalue weighted by Gasteiger charge is -2.11. The molecule has 102 valence electrons. The molecule has 0 aliphatic rings. The molecule has 0 saturated carbocycles. The van der Waals surface area contributed by atoms with Crippen LogP contribution in [0, 0.1) is 6.92 Å². The van der Waals surface area contributed by atoms with E-state index in [-0.39, 0.29) is 11.4 Å². The first-order valence-corrected chi connectivity index (χ1v) is 7.31. The van der Waals surface area contributed by atoms with Crippen LogP contribution < -0.4 is 0 Å². The number of aliphatic hydroxyl groups excluding tert-OH is 1. The SMILES string of the molecule is Cc1ccccc1-c1noc(CSC(C)C(C)O)n1. The fourth-order valence-corrected chi connectivity index (χ4v) is 2.39. The van der Waals surface area contributed by atoms with Crippen LogP contribution in [0.15, 0.2) is 28.8 Å². The van der Waals surface area contributed by atoms with Crippen molar-refractivity contribution in [2.24, 2.45) is 0 Å². The highest BCUT2D eigenvalue weighted by atomic mass is 32.2. The number of hydrogen-bond acceptors (Lipinski definition) is 5. The maximum atomic E-state index is 9.43. The quantitative estimate of drug-likeness (QED) is 0.911. The van der Waals surface area contributed by atoms with Gasteiger partial charge in [-0.2, -0.15) is 4.98 Å². The predicted octanol–water partition coefficient (Wildman–Crippen LogP) is 3.05. The second-order valence-corrected chi connectivity index (χ2v) is 5.95. The lowest BCUT2D eigenvalue weighted by molar-refractivity contribution is 0.196. The number of benzene rings is 1. The van der Waals surface area contributed by atoms with Crippen LogP contribution in [0.3, 0.4) is 0 Å². The summed E-state index contributed by atoms with van der Waals surface area (Å²) in [6, 6.07) is 7.95. The van der Waals surface area contributed by atoms with Gasteiger partial charge in [-0.3, -0.25) is 0 Å². The van der Waals surface area contributed by atoms with Crippen molar-refractivity contribution in [2.75, 3.05) is 0 Å². The summed E-state index contributed by atoms with van der Waals surface area (Å²) in [7, 11) is 0. The van der Waals surface area contributed by atoms with Crippen molar-refractivity contribution in [3.05, 3.63) is 35.7 Å². The van der Waals surface area contributed by atoms with Gasteiger partial charge in [-0.05, 0) is 19.4 Å². The molecule has 4 nitrogen and oxygen atoms in total. The first kappa shape index (κ1) is 14.1. The Morgan fingerprint density at radius 1 is 1.32 bits per heavy atom. The minimum absolute atomic E-state index is 0.147. The fourth-order valence-electron chi connectivity index (χ4n) is 1.59. The summed E-state index contributed by atoms with van der Waals surface area (Å²) >= 11 is 1.60. The molecule has 5 heteroatoms. The van der Waals surface area contributed by atoms with Crippen LogP contribution in [0.2, 0.25) is 0 Å². The first-order chi connectivity index (χ1) is 9.08. The van der Waals surface area contributed by atoms with Crippen LogP contribution in [-0.4, -0.2) is 26.6 Å². The Balaban J connectivity index is 2.06. The normalized spacial score (nSPS) is 14.3. The monoisotopic (exact) mass is 278 g/mol. The van der Waals surface area contributed by atoms with Crippen molar-refractivity contribution in [3.63, 3.8) is 0 Å². The zero-order valence-electron chi connectivity index (χ0n) is 11.3. The molecule has 2 rings (SSSR count). The van der Waals surface area contributed by atoms with Crippen molar-refractivity contribution < 1.29 is 9.63 Å². The van der Waals surface area contributed by atoms with Crippen LogP contribution in [0.5, 0.6) is 0 Å². The Labute approximate surface area is 117 Å². The molecule has 1 aromatic carbocycles. The average molecular weight is 278 g/mol. The molecule has 0 radical (unpaired) electrons. The molecule has 0 saturated heterocycles. The van der Waals surface area contributed by atoms with E-state index < -0.39 is 0 Å². The second-order valence-electron chi connectivity index (χ2n) is 4.58. The second kappa shape index (κ2) is 6.21. The number of aromatic nitrogens is 2. The van der Waals surface area contributed by atoms with E-state index in [4.69, 9.17) is 4.52 Å². The Morgan fingerprint density at radius 2 is 2.05 bits per heavy atom. The number of nitrogens with zero attached hydrogens (tertiary/aromatic N) is 2. The average Bonchev–Trinajstić information content (AvgIpc) is 2.85. The Morgan fingerprint density at radius 3 is 2.74 bits per heavy atom. The molecule has 2 unspecified atom stereocenters. The van der Waals surface area contributed by atoms with Gasteiger partial charge in [-0.25, -0.2) is 0 Å². The lowest BCUT2D eigenvalue weighted by atomic mass is 10.1. The number of hydrogen-bond donors (Lipinski definition) is 1. The van der Waals surface area contributed by atoms with Crippen LogP contribution >= 0.6 is 11.8 Å². The Hall–Kier alpha value is -1.33. The number of rotatable bonds is 5. The van der Waals surface area contributed by atoms with Crippen molar-refractivity contribution in [1.82, 2.24) is 10.1 Å². The Bertz CT molecular complexity index is 540. The van der Waals surface area contributed by atoms with Gasteiger partial charge in [0.25, 0.3) is 0 Å². The van der Waals surface area contributed by atoms with E-state index >= 15 is 0 Å². The zero-order valence-corrected chi connectivity index (χ0v) is 12.1. The number of aliphatic hydroxyl groups is 1. The molecule has 2 atom stereocenters. The zero-order chi connectivity index (χ0) is 13.8. The van der Waals surface area contributed by atoms with E-state index in [2.05, 4.69) is 10.1 Å². The molecule has 0 amide bonds. The van der Waals surface area contributed by atoms with Crippen molar-refractivity contribution >= 4 is 11.8 Å². The standard InChI is InChI=1S/C14H18N2O2S/c1-9-6-4-5-7-12(9)14-15-13(18-16-14)8-19-11(3)10(2)17/h4-7,10-11,17H,8H2,1-3H3. The predicted molar refractivity (Wildman–Crippen MR) is 76.9 cm³/mol. The number of thioether (sulfide) groups is 1. The summed E-state index contributed by atoms with van der Waals surface area (Å²) < 4.78 is 5.24.